The summed E-state index contributed by atoms with van der Waals surface area (Å²) >= 11 is 0. The Bertz CT molecular complexity index is 466. The Morgan fingerprint density at radius 2 is 2.05 bits per heavy atom. The van der Waals surface area contributed by atoms with Crippen molar-refractivity contribution >= 4 is 11.9 Å². The second kappa shape index (κ2) is 6.36. The van der Waals surface area contributed by atoms with Gasteiger partial charge in [0.05, 0.1) is 5.69 Å². The number of aliphatic carboxylic acids is 1. The fourth-order valence-corrected chi connectivity index (χ4v) is 1.90. The largest absolute Gasteiger partial charge is 0.480 e. The first-order valence-electron chi connectivity index (χ1n) is 6.32. The molecule has 0 aliphatic carbocycles. The molecule has 1 aromatic heterocycles. The molecule has 1 aromatic rings. The number of carbonyl (C=O) groups excluding carboxylic acids is 1. The molecular weight excluding hydrogens is 246 g/mol. The molecule has 0 aromatic carbocycles. The molecule has 0 bridgehead atoms. The van der Waals surface area contributed by atoms with Crippen LogP contribution in [0.4, 0.5) is 0 Å². The average Bonchev–Trinajstić information content (AvgIpc) is 2.55. The third-order valence-electron chi connectivity index (χ3n) is 2.74. The van der Waals surface area contributed by atoms with Gasteiger partial charge in [0.25, 0.3) is 0 Å². The molecule has 19 heavy (non-hydrogen) atoms. The van der Waals surface area contributed by atoms with Gasteiger partial charge in [-0.05, 0) is 32.3 Å². The molecule has 0 aliphatic heterocycles. The minimum absolute atomic E-state index is 0.0432. The first-order valence-corrected chi connectivity index (χ1v) is 6.32. The van der Waals surface area contributed by atoms with E-state index in [1.165, 1.54) is 0 Å². The van der Waals surface area contributed by atoms with Gasteiger partial charge in [0, 0.05) is 5.69 Å². The SMILES string of the molecule is Cc1cc(C)n(CC(=O)N[C@@H](CC(C)C)C(=O)O)n1. The first-order chi connectivity index (χ1) is 8.79. The summed E-state index contributed by atoms with van der Waals surface area (Å²) in [6.45, 7) is 7.59. The van der Waals surface area contributed by atoms with Crippen molar-refractivity contribution in [1.82, 2.24) is 15.1 Å². The standard InChI is InChI=1S/C13H21N3O3/c1-8(2)5-11(13(18)19)14-12(17)7-16-10(4)6-9(3)15-16/h6,8,11H,5,7H2,1-4H3,(H,14,17)(H,18,19)/t11-/m0/s1. The van der Waals surface area contributed by atoms with Gasteiger partial charge >= 0.3 is 5.97 Å². The van der Waals surface area contributed by atoms with E-state index >= 15 is 0 Å². The smallest absolute Gasteiger partial charge is 0.326 e. The van der Waals surface area contributed by atoms with E-state index in [-0.39, 0.29) is 18.4 Å². The summed E-state index contributed by atoms with van der Waals surface area (Å²) in [5.41, 5.74) is 1.71. The number of aryl methyl sites for hydroxylation is 2. The molecule has 2 N–H and O–H groups in total. The Labute approximate surface area is 112 Å². The van der Waals surface area contributed by atoms with Crippen molar-refractivity contribution in [2.45, 2.75) is 46.7 Å². The van der Waals surface area contributed by atoms with E-state index in [0.717, 1.165) is 11.4 Å². The number of nitrogens with one attached hydrogen (secondary N) is 1. The van der Waals surface area contributed by atoms with Crippen molar-refractivity contribution in [1.29, 1.82) is 0 Å². The number of carboxylic acid groups (broad SMARTS) is 1. The summed E-state index contributed by atoms with van der Waals surface area (Å²) in [4.78, 5) is 22.9. The maximum absolute atomic E-state index is 11.8. The molecule has 1 heterocycles. The van der Waals surface area contributed by atoms with E-state index in [4.69, 9.17) is 5.11 Å². The highest BCUT2D eigenvalue weighted by molar-refractivity contribution is 5.83. The van der Waals surface area contributed by atoms with Gasteiger partial charge in [0.2, 0.25) is 5.91 Å². The maximum Gasteiger partial charge on any atom is 0.326 e. The minimum atomic E-state index is -1.00. The molecule has 1 atom stereocenters. The number of aromatic nitrogens is 2. The second-order valence-electron chi connectivity index (χ2n) is 5.17. The molecule has 0 fully saturated rings. The number of amides is 1. The van der Waals surface area contributed by atoms with E-state index in [2.05, 4.69) is 10.4 Å². The fraction of sp³-hybridized carbons (Fsp3) is 0.615. The van der Waals surface area contributed by atoms with E-state index in [1.807, 2.05) is 33.8 Å². The van der Waals surface area contributed by atoms with Gasteiger partial charge < -0.3 is 10.4 Å². The van der Waals surface area contributed by atoms with E-state index < -0.39 is 12.0 Å². The Morgan fingerprint density at radius 1 is 1.42 bits per heavy atom. The molecule has 0 aliphatic rings. The predicted octanol–water partition coefficient (Wildman–Crippen LogP) is 1.12. The predicted molar refractivity (Wildman–Crippen MR) is 70.7 cm³/mol. The topological polar surface area (TPSA) is 84.2 Å². The van der Waals surface area contributed by atoms with Gasteiger partial charge in [-0.1, -0.05) is 13.8 Å². The monoisotopic (exact) mass is 267 g/mol. The molecule has 106 valence electrons. The van der Waals surface area contributed by atoms with Crippen LogP contribution in [0, 0.1) is 19.8 Å². The van der Waals surface area contributed by atoms with Gasteiger partial charge in [-0.2, -0.15) is 5.10 Å². The number of carboxylic acids is 1. The Hall–Kier alpha value is -1.85. The van der Waals surface area contributed by atoms with Gasteiger partial charge in [0.1, 0.15) is 12.6 Å². The zero-order chi connectivity index (χ0) is 14.6. The van der Waals surface area contributed by atoms with Gasteiger partial charge in [-0.15, -0.1) is 0 Å². The summed E-state index contributed by atoms with van der Waals surface area (Å²) in [6.07, 6.45) is 0.415. The van der Waals surface area contributed by atoms with E-state index in [1.54, 1.807) is 4.68 Å². The Kier molecular flexibility index (Phi) is 5.09. The molecule has 1 amide bonds. The van der Waals surface area contributed by atoms with Crippen LogP contribution in [0.15, 0.2) is 6.07 Å². The average molecular weight is 267 g/mol. The molecule has 0 radical (unpaired) electrons. The minimum Gasteiger partial charge on any atom is -0.480 e. The van der Waals surface area contributed by atoms with E-state index in [9.17, 15) is 9.59 Å². The number of hydrogen-bond acceptors (Lipinski definition) is 3. The fourth-order valence-electron chi connectivity index (χ4n) is 1.90. The van der Waals surface area contributed by atoms with Crippen molar-refractivity contribution in [2.75, 3.05) is 0 Å². The van der Waals surface area contributed by atoms with Crippen LogP contribution in [-0.4, -0.2) is 32.8 Å². The van der Waals surface area contributed by atoms with Gasteiger partial charge in [0.15, 0.2) is 0 Å². The van der Waals surface area contributed by atoms with Crippen molar-refractivity contribution < 1.29 is 14.7 Å². The van der Waals surface area contributed by atoms with Crippen LogP contribution in [0.5, 0.6) is 0 Å². The molecular formula is C13H21N3O3. The quantitative estimate of drug-likeness (QED) is 0.808. The third-order valence-corrected chi connectivity index (χ3v) is 2.74. The Morgan fingerprint density at radius 3 is 2.47 bits per heavy atom. The number of rotatable bonds is 6. The molecule has 1 rings (SSSR count). The van der Waals surface area contributed by atoms with Crippen molar-refractivity contribution in [3.8, 4) is 0 Å². The molecule has 6 heteroatoms. The lowest BCUT2D eigenvalue weighted by atomic mass is 10.0. The lowest BCUT2D eigenvalue weighted by Crippen LogP contribution is -2.43. The number of nitrogens with zero attached hydrogens (tertiary/aromatic N) is 2. The molecule has 0 saturated carbocycles. The van der Waals surface area contributed by atoms with Crippen LogP contribution in [-0.2, 0) is 16.1 Å². The van der Waals surface area contributed by atoms with Gasteiger partial charge in [-0.25, -0.2) is 4.79 Å². The number of hydrogen-bond donors (Lipinski definition) is 2. The van der Waals surface area contributed by atoms with Crippen LogP contribution in [0.25, 0.3) is 0 Å². The maximum atomic E-state index is 11.8. The number of carbonyl (C=O) groups is 2. The normalized spacial score (nSPS) is 12.5. The lowest BCUT2D eigenvalue weighted by Gasteiger charge is -2.16. The lowest BCUT2D eigenvalue weighted by molar-refractivity contribution is -0.142. The molecule has 0 unspecified atom stereocenters. The summed E-state index contributed by atoms with van der Waals surface area (Å²) in [7, 11) is 0. The third kappa shape index (κ3) is 4.73. The van der Waals surface area contributed by atoms with Crippen LogP contribution in [0.3, 0.4) is 0 Å². The van der Waals surface area contributed by atoms with Crippen LogP contribution >= 0.6 is 0 Å². The Balaban J connectivity index is 2.62. The molecule has 0 spiro atoms. The summed E-state index contributed by atoms with van der Waals surface area (Å²) in [6, 6.07) is 1.03. The zero-order valence-corrected chi connectivity index (χ0v) is 11.8. The highest BCUT2D eigenvalue weighted by atomic mass is 16.4. The first kappa shape index (κ1) is 15.2. The van der Waals surface area contributed by atoms with Crippen LogP contribution in [0.2, 0.25) is 0 Å². The summed E-state index contributed by atoms with van der Waals surface area (Å²) < 4.78 is 1.57. The van der Waals surface area contributed by atoms with Crippen molar-refractivity contribution in [3.63, 3.8) is 0 Å². The summed E-state index contributed by atoms with van der Waals surface area (Å²) in [5.74, 6) is -1.13. The molecule has 0 saturated heterocycles. The van der Waals surface area contributed by atoms with Gasteiger partial charge in [-0.3, -0.25) is 9.48 Å². The summed E-state index contributed by atoms with van der Waals surface area (Å²) in [5, 5.41) is 15.8. The van der Waals surface area contributed by atoms with Crippen LogP contribution in [0.1, 0.15) is 31.7 Å². The zero-order valence-electron chi connectivity index (χ0n) is 11.8. The second-order valence-corrected chi connectivity index (χ2v) is 5.17. The van der Waals surface area contributed by atoms with Crippen LogP contribution < -0.4 is 5.32 Å². The van der Waals surface area contributed by atoms with Crippen molar-refractivity contribution in [3.05, 3.63) is 17.5 Å². The van der Waals surface area contributed by atoms with E-state index in [0.29, 0.717) is 6.42 Å². The van der Waals surface area contributed by atoms with Crippen molar-refractivity contribution in [2.24, 2.45) is 5.92 Å². The highest BCUT2D eigenvalue weighted by Crippen LogP contribution is 2.06. The highest BCUT2D eigenvalue weighted by Gasteiger charge is 2.21. The molecule has 6 nitrogen and oxygen atoms in total.